The Bertz CT molecular complexity index is 443. The third kappa shape index (κ3) is 3.94. The van der Waals surface area contributed by atoms with Crippen molar-refractivity contribution >= 4 is 17.9 Å². The molecule has 0 unspecified atom stereocenters. The van der Waals surface area contributed by atoms with Gasteiger partial charge in [0.2, 0.25) is 0 Å². The second kappa shape index (κ2) is 5.11. The van der Waals surface area contributed by atoms with Crippen molar-refractivity contribution in [1.29, 1.82) is 0 Å². The second-order valence-electron chi connectivity index (χ2n) is 3.48. The molecule has 6 heteroatoms. The molecule has 0 radical (unpaired) electrons. The zero-order chi connectivity index (χ0) is 13.0. The van der Waals surface area contributed by atoms with Crippen molar-refractivity contribution in [2.45, 2.75) is 12.8 Å². The Hall–Kier alpha value is -2.37. The summed E-state index contributed by atoms with van der Waals surface area (Å²) in [4.78, 5) is 31.8. The average molecular weight is 238 g/mol. The van der Waals surface area contributed by atoms with Crippen molar-refractivity contribution in [2.75, 3.05) is 0 Å². The van der Waals surface area contributed by atoms with Gasteiger partial charge >= 0.3 is 17.9 Å². The van der Waals surface area contributed by atoms with Crippen LogP contribution in [0, 0.1) is 0 Å². The molecule has 0 aliphatic heterocycles. The van der Waals surface area contributed by atoms with Crippen molar-refractivity contribution in [1.82, 2.24) is 0 Å². The summed E-state index contributed by atoms with van der Waals surface area (Å²) in [7, 11) is 0. The summed E-state index contributed by atoms with van der Waals surface area (Å²) in [6.07, 6.45) is -0.679. The summed E-state index contributed by atoms with van der Waals surface area (Å²) >= 11 is 0. The molecule has 0 spiro atoms. The molecule has 1 aromatic rings. The summed E-state index contributed by atoms with van der Waals surface area (Å²) in [5.74, 6) is -3.42. The molecule has 90 valence electrons. The largest absolute Gasteiger partial charge is 0.481 e. The first kappa shape index (κ1) is 12.7. The van der Waals surface area contributed by atoms with Crippen LogP contribution in [-0.4, -0.2) is 33.2 Å². The predicted molar refractivity (Wildman–Crippen MR) is 56.1 cm³/mol. The van der Waals surface area contributed by atoms with E-state index in [-0.39, 0.29) is 29.5 Å². The molecule has 0 bridgehead atoms. The van der Waals surface area contributed by atoms with Gasteiger partial charge in [-0.2, -0.15) is 0 Å². The van der Waals surface area contributed by atoms with Gasteiger partial charge in [0.1, 0.15) is 0 Å². The fourth-order valence-corrected chi connectivity index (χ4v) is 1.44. The smallest absolute Gasteiger partial charge is 0.335 e. The maximum atomic E-state index is 10.8. The van der Waals surface area contributed by atoms with E-state index in [4.69, 9.17) is 15.3 Å². The zero-order valence-corrected chi connectivity index (χ0v) is 8.71. The summed E-state index contributed by atoms with van der Waals surface area (Å²) in [5, 5.41) is 26.0. The highest BCUT2D eigenvalue weighted by Gasteiger charge is 2.11. The molecule has 0 heterocycles. The minimum atomic E-state index is -1.22. The standard InChI is InChI=1S/C11H10O6/c12-9(13)4-6-1-7(5-10(14)15)3-8(2-6)11(16)17/h1-3H,4-5H2,(H,12,13)(H,14,15)(H,16,17). The molecular weight excluding hydrogens is 228 g/mol. The number of rotatable bonds is 5. The van der Waals surface area contributed by atoms with Gasteiger partial charge in [-0.05, 0) is 23.3 Å². The summed E-state index contributed by atoms with van der Waals surface area (Å²) in [6.45, 7) is 0. The van der Waals surface area contributed by atoms with Gasteiger partial charge in [0, 0.05) is 0 Å². The molecule has 0 aromatic heterocycles. The van der Waals surface area contributed by atoms with Crippen LogP contribution in [0.5, 0.6) is 0 Å². The zero-order valence-electron chi connectivity index (χ0n) is 8.71. The van der Waals surface area contributed by atoms with Crippen molar-refractivity contribution in [3.8, 4) is 0 Å². The Labute approximate surface area is 96.1 Å². The quantitative estimate of drug-likeness (QED) is 0.693. The third-order valence-electron chi connectivity index (χ3n) is 2.01. The maximum absolute atomic E-state index is 10.8. The van der Waals surface area contributed by atoms with Gasteiger partial charge in [0.05, 0.1) is 18.4 Å². The average Bonchev–Trinajstić information content (AvgIpc) is 2.14. The number of carboxylic acids is 3. The minimum Gasteiger partial charge on any atom is -0.481 e. The highest BCUT2D eigenvalue weighted by molar-refractivity contribution is 5.88. The monoisotopic (exact) mass is 238 g/mol. The van der Waals surface area contributed by atoms with E-state index in [0.717, 1.165) is 0 Å². The van der Waals surface area contributed by atoms with Gasteiger partial charge in [0.25, 0.3) is 0 Å². The number of aliphatic carboxylic acids is 2. The molecule has 1 aromatic carbocycles. The van der Waals surface area contributed by atoms with Gasteiger partial charge in [0.15, 0.2) is 0 Å². The van der Waals surface area contributed by atoms with E-state index in [1.165, 1.54) is 18.2 Å². The fourth-order valence-electron chi connectivity index (χ4n) is 1.44. The topological polar surface area (TPSA) is 112 Å². The van der Waals surface area contributed by atoms with E-state index in [1.807, 2.05) is 0 Å². The van der Waals surface area contributed by atoms with Crippen molar-refractivity contribution in [2.24, 2.45) is 0 Å². The lowest BCUT2D eigenvalue weighted by Crippen LogP contribution is -2.07. The lowest BCUT2D eigenvalue weighted by Gasteiger charge is -2.04. The Morgan fingerprint density at radius 3 is 1.53 bits per heavy atom. The number of aromatic carboxylic acids is 1. The van der Waals surface area contributed by atoms with E-state index >= 15 is 0 Å². The molecule has 6 nitrogen and oxygen atoms in total. The number of hydrogen-bond acceptors (Lipinski definition) is 3. The summed E-state index contributed by atoms with van der Waals surface area (Å²) < 4.78 is 0. The highest BCUT2D eigenvalue weighted by atomic mass is 16.4. The van der Waals surface area contributed by atoms with E-state index < -0.39 is 17.9 Å². The van der Waals surface area contributed by atoms with E-state index in [9.17, 15) is 14.4 Å². The lowest BCUT2D eigenvalue weighted by atomic mass is 10.0. The second-order valence-corrected chi connectivity index (χ2v) is 3.48. The number of benzene rings is 1. The molecule has 0 saturated carbocycles. The van der Waals surface area contributed by atoms with Crippen LogP contribution in [0.25, 0.3) is 0 Å². The van der Waals surface area contributed by atoms with Crippen molar-refractivity contribution in [3.63, 3.8) is 0 Å². The predicted octanol–water partition coefficient (Wildman–Crippen LogP) is 0.639. The van der Waals surface area contributed by atoms with Gasteiger partial charge in [-0.1, -0.05) is 6.07 Å². The lowest BCUT2D eigenvalue weighted by molar-refractivity contribution is -0.137. The molecule has 0 atom stereocenters. The van der Waals surface area contributed by atoms with Crippen LogP contribution < -0.4 is 0 Å². The van der Waals surface area contributed by atoms with E-state index in [0.29, 0.717) is 0 Å². The number of hydrogen-bond donors (Lipinski definition) is 3. The normalized spacial score (nSPS) is 9.88. The molecule has 17 heavy (non-hydrogen) atoms. The van der Waals surface area contributed by atoms with Crippen LogP contribution in [0.2, 0.25) is 0 Å². The summed E-state index contributed by atoms with van der Waals surface area (Å²) in [6, 6.07) is 3.83. The Kier molecular flexibility index (Phi) is 3.82. The van der Waals surface area contributed by atoms with Crippen LogP contribution in [0.4, 0.5) is 0 Å². The molecule has 0 fully saturated rings. The van der Waals surface area contributed by atoms with Crippen molar-refractivity contribution in [3.05, 3.63) is 34.9 Å². The van der Waals surface area contributed by atoms with Crippen LogP contribution in [-0.2, 0) is 22.4 Å². The Morgan fingerprint density at radius 2 is 1.24 bits per heavy atom. The van der Waals surface area contributed by atoms with Crippen LogP contribution >= 0.6 is 0 Å². The molecular formula is C11H10O6. The highest BCUT2D eigenvalue weighted by Crippen LogP contribution is 2.12. The van der Waals surface area contributed by atoms with Gasteiger partial charge in [-0.15, -0.1) is 0 Å². The molecule has 0 amide bonds. The maximum Gasteiger partial charge on any atom is 0.335 e. The van der Waals surface area contributed by atoms with Crippen LogP contribution in [0.3, 0.4) is 0 Å². The summed E-state index contributed by atoms with van der Waals surface area (Å²) in [5.41, 5.74) is 0.433. The Morgan fingerprint density at radius 1 is 0.824 bits per heavy atom. The molecule has 0 saturated heterocycles. The molecule has 0 aliphatic rings. The van der Waals surface area contributed by atoms with E-state index in [1.54, 1.807) is 0 Å². The first-order valence-electron chi connectivity index (χ1n) is 4.68. The minimum absolute atomic E-state index is 0.111. The number of carboxylic acid groups (broad SMARTS) is 3. The van der Waals surface area contributed by atoms with Crippen LogP contribution in [0.15, 0.2) is 18.2 Å². The Balaban J connectivity index is 3.13. The SMILES string of the molecule is O=C(O)Cc1cc(CC(=O)O)cc(C(=O)O)c1. The number of carbonyl (C=O) groups is 3. The third-order valence-corrected chi connectivity index (χ3v) is 2.01. The first-order valence-corrected chi connectivity index (χ1v) is 4.68. The molecule has 0 aliphatic carbocycles. The molecule has 3 N–H and O–H groups in total. The van der Waals surface area contributed by atoms with Gasteiger partial charge in [-0.3, -0.25) is 9.59 Å². The van der Waals surface area contributed by atoms with Crippen LogP contribution in [0.1, 0.15) is 21.5 Å². The van der Waals surface area contributed by atoms with Crippen molar-refractivity contribution < 1.29 is 29.7 Å². The van der Waals surface area contributed by atoms with Gasteiger partial charge < -0.3 is 15.3 Å². The van der Waals surface area contributed by atoms with E-state index in [2.05, 4.69) is 0 Å². The first-order chi connectivity index (χ1) is 7.88. The van der Waals surface area contributed by atoms with Gasteiger partial charge in [-0.25, -0.2) is 4.79 Å². The molecule has 1 rings (SSSR count). The fraction of sp³-hybridized carbons (Fsp3) is 0.182.